The van der Waals surface area contributed by atoms with Crippen molar-refractivity contribution in [2.24, 2.45) is 5.41 Å². The molecule has 86 valence electrons. The molecule has 0 spiro atoms. The maximum atomic E-state index is 11.7. The molecule has 4 heteroatoms. The third-order valence-corrected chi connectivity index (χ3v) is 4.35. The van der Waals surface area contributed by atoms with Gasteiger partial charge >= 0.3 is 0 Å². The van der Waals surface area contributed by atoms with Gasteiger partial charge in [0.05, 0.1) is 6.04 Å². The van der Waals surface area contributed by atoms with Crippen molar-refractivity contribution in [3.63, 3.8) is 0 Å². The molecule has 0 aromatic heterocycles. The Morgan fingerprint density at radius 1 is 1.60 bits per heavy atom. The van der Waals surface area contributed by atoms with E-state index in [-0.39, 0.29) is 11.9 Å². The van der Waals surface area contributed by atoms with Gasteiger partial charge in [-0.25, -0.2) is 0 Å². The Morgan fingerprint density at radius 3 is 2.93 bits per heavy atom. The number of rotatable bonds is 5. The highest BCUT2D eigenvalue weighted by Gasteiger charge is 2.41. The van der Waals surface area contributed by atoms with Crippen LogP contribution in [0.5, 0.6) is 0 Å². The van der Waals surface area contributed by atoms with Gasteiger partial charge in [-0.2, -0.15) is 0 Å². The first-order chi connectivity index (χ1) is 7.26. The van der Waals surface area contributed by atoms with Crippen molar-refractivity contribution in [1.29, 1.82) is 0 Å². The highest BCUT2D eigenvalue weighted by Crippen LogP contribution is 2.48. The molecule has 1 saturated carbocycles. The van der Waals surface area contributed by atoms with Crippen LogP contribution < -0.4 is 10.6 Å². The van der Waals surface area contributed by atoms with Gasteiger partial charge in [0.15, 0.2) is 0 Å². The Morgan fingerprint density at radius 2 is 2.40 bits per heavy atom. The summed E-state index contributed by atoms with van der Waals surface area (Å²) in [6.45, 7) is 3.11. The second kappa shape index (κ2) is 4.74. The summed E-state index contributed by atoms with van der Waals surface area (Å²) in [7, 11) is 0. The molecule has 2 N–H and O–H groups in total. The van der Waals surface area contributed by atoms with Gasteiger partial charge in [-0.05, 0) is 24.7 Å². The molecule has 1 heterocycles. The molecule has 0 aromatic carbocycles. The largest absolute Gasteiger partial charge is 0.354 e. The minimum Gasteiger partial charge on any atom is -0.354 e. The normalized spacial score (nSPS) is 27.7. The molecular weight excluding hydrogens is 208 g/mol. The van der Waals surface area contributed by atoms with E-state index in [1.165, 1.54) is 25.7 Å². The number of amides is 1. The summed E-state index contributed by atoms with van der Waals surface area (Å²) in [6.07, 6.45) is 5.09. The van der Waals surface area contributed by atoms with Crippen LogP contribution in [0.3, 0.4) is 0 Å². The topological polar surface area (TPSA) is 41.1 Å². The van der Waals surface area contributed by atoms with Gasteiger partial charge < -0.3 is 5.32 Å². The summed E-state index contributed by atoms with van der Waals surface area (Å²) in [5.41, 5.74) is 0.468. The molecule has 1 saturated heterocycles. The van der Waals surface area contributed by atoms with E-state index < -0.39 is 0 Å². The number of hydrogen-bond donors (Lipinski definition) is 2. The molecule has 0 unspecified atom stereocenters. The van der Waals surface area contributed by atoms with Gasteiger partial charge in [0.1, 0.15) is 0 Å². The second-order valence-electron chi connectivity index (χ2n) is 4.74. The fraction of sp³-hybridized carbons (Fsp3) is 0.909. The minimum atomic E-state index is 0.0485. The lowest BCUT2D eigenvalue weighted by atomic mass is 10.0. The smallest absolute Gasteiger partial charge is 0.238 e. The van der Waals surface area contributed by atoms with E-state index in [0.717, 1.165) is 18.2 Å². The standard InChI is InChI=1S/C11H20N2OS/c1-2-3-11(4-5-11)7-12-10(14)9-6-15-8-13-9/h9,13H,2-8H2,1H3,(H,12,14)/t9-/m1/s1. The zero-order valence-corrected chi connectivity index (χ0v) is 10.2. The molecule has 15 heavy (non-hydrogen) atoms. The van der Waals surface area contributed by atoms with Crippen LogP contribution in [0.2, 0.25) is 0 Å². The third-order valence-electron chi connectivity index (χ3n) is 3.41. The van der Waals surface area contributed by atoms with E-state index in [1.807, 2.05) is 0 Å². The van der Waals surface area contributed by atoms with Crippen molar-refractivity contribution in [3.8, 4) is 0 Å². The molecule has 0 aromatic rings. The lowest BCUT2D eigenvalue weighted by molar-refractivity contribution is -0.122. The first-order valence-corrected chi connectivity index (χ1v) is 7.00. The summed E-state index contributed by atoms with van der Waals surface area (Å²) in [4.78, 5) is 11.7. The van der Waals surface area contributed by atoms with Gasteiger partial charge in [-0.3, -0.25) is 10.1 Å². The molecule has 1 atom stereocenters. The molecule has 0 radical (unpaired) electrons. The molecule has 2 rings (SSSR count). The summed E-state index contributed by atoms with van der Waals surface area (Å²) in [5, 5.41) is 6.29. The van der Waals surface area contributed by atoms with E-state index >= 15 is 0 Å². The molecule has 1 amide bonds. The van der Waals surface area contributed by atoms with E-state index in [9.17, 15) is 4.79 Å². The average molecular weight is 228 g/mol. The van der Waals surface area contributed by atoms with Crippen LogP contribution in [0.4, 0.5) is 0 Å². The van der Waals surface area contributed by atoms with Gasteiger partial charge in [-0.1, -0.05) is 13.3 Å². The van der Waals surface area contributed by atoms with E-state index in [1.54, 1.807) is 11.8 Å². The quantitative estimate of drug-likeness (QED) is 0.746. The Hall–Kier alpha value is -0.220. The first kappa shape index (κ1) is 11.3. The monoisotopic (exact) mass is 228 g/mol. The van der Waals surface area contributed by atoms with Crippen LogP contribution in [0.15, 0.2) is 0 Å². The summed E-state index contributed by atoms with van der Waals surface area (Å²) >= 11 is 1.80. The molecule has 1 aliphatic carbocycles. The van der Waals surface area contributed by atoms with Crippen molar-refractivity contribution >= 4 is 17.7 Å². The molecule has 2 fully saturated rings. The van der Waals surface area contributed by atoms with Gasteiger partial charge in [0, 0.05) is 18.2 Å². The zero-order chi connectivity index (χ0) is 10.7. The molecule has 3 nitrogen and oxygen atoms in total. The summed E-state index contributed by atoms with van der Waals surface area (Å²) in [5.74, 6) is 2.03. The van der Waals surface area contributed by atoms with Crippen molar-refractivity contribution in [3.05, 3.63) is 0 Å². The number of nitrogens with one attached hydrogen (secondary N) is 2. The van der Waals surface area contributed by atoms with Gasteiger partial charge in [0.25, 0.3) is 0 Å². The second-order valence-corrected chi connectivity index (χ2v) is 5.77. The Labute approximate surface area is 95.8 Å². The van der Waals surface area contributed by atoms with E-state index in [0.29, 0.717) is 5.41 Å². The van der Waals surface area contributed by atoms with Crippen LogP contribution >= 0.6 is 11.8 Å². The van der Waals surface area contributed by atoms with Crippen LogP contribution in [0.25, 0.3) is 0 Å². The van der Waals surface area contributed by atoms with Crippen LogP contribution in [0, 0.1) is 5.41 Å². The fourth-order valence-corrected chi connectivity index (χ4v) is 3.13. The lowest BCUT2D eigenvalue weighted by Gasteiger charge is -2.16. The van der Waals surface area contributed by atoms with Crippen molar-refractivity contribution in [2.45, 2.75) is 38.6 Å². The van der Waals surface area contributed by atoms with Gasteiger partial charge in [0.2, 0.25) is 5.91 Å². The predicted molar refractivity (Wildman–Crippen MR) is 63.8 cm³/mol. The fourth-order valence-electron chi connectivity index (χ4n) is 2.18. The third kappa shape index (κ3) is 2.88. The van der Waals surface area contributed by atoms with Crippen LogP contribution in [-0.4, -0.2) is 30.1 Å². The van der Waals surface area contributed by atoms with Crippen molar-refractivity contribution < 1.29 is 4.79 Å². The maximum absolute atomic E-state index is 11.7. The van der Waals surface area contributed by atoms with Crippen molar-refractivity contribution in [2.75, 3.05) is 18.2 Å². The minimum absolute atomic E-state index is 0.0485. The lowest BCUT2D eigenvalue weighted by Crippen LogP contribution is -2.43. The molecule has 1 aliphatic heterocycles. The number of carbonyl (C=O) groups is 1. The Kier molecular flexibility index (Phi) is 3.57. The maximum Gasteiger partial charge on any atom is 0.238 e. The highest BCUT2D eigenvalue weighted by molar-refractivity contribution is 7.99. The molecule has 2 aliphatic rings. The molecule has 0 bridgehead atoms. The van der Waals surface area contributed by atoms with E-state index in [2.05, 4.69) is 17.6 Å². The predicted octanol–water partition coefficient (Wildman–Crippen LogP) is 1.35. The average Bonchev–Trinajstić information content (AvgIpc) is 2.81. The Balaban J connectivity index is 1.70. The van der Waals surface area contributed by atoms with Crippen molar-refractivity contribution in [1.82, 2.24) is 10.6 Å². The number of carbonyl (C=O) groups excluding carboxylic acids is 1. The van der Waals surface area contributed by atoms with E-state index in [4.69, 9.17) is 0 Å². The highest BCUT2D eigenvalue weighted by atomic mass is 32.2. The summed E-state index contributed by atoms with van der Waals surface area (Å²) in [6, 6.07) is 0.0485. The number of hydrogen-bond acceptors (Lipinski definition) is 3. The van der Waals surface area contributed by atoms with Gasteiger partial charge in [-0.15, -0.1) is 11.8 Å². The summed E-state index contributed by atoms with van der Waals surface area (Å²) < 4.78 is 0. The molecular formula is C11H20N2OS. The Bertz CT molecular complexity index is 235. The first-order valence-electron chi connectivity index (χ1n) is 5.85. The van der Waals surface area contributed by atoms with Crippen LogP contribution in [-0.2, 0) is 4.79 Å². The number of thioether (sulfide) groups is 1. The SMILES string of the molecule is CCCC1(CNC(=O)[C@H]2CSCN2)CC1. The zero-order valence-electron chi connectivity index (χ0n) is 9.34. The van der Waals surface area contributed by atoms with Crippen LogP contribution in [0.1, 0.15) is 32.6 Å².